The molecule has 4 heterocycles. The van der Waals surface area contributed by atoms with Gasteiger partial charge in [-0.3, -0.25) is 4.98 Å². The number of aromatic nitrogens is 4. The quantitative estimate of drug-likeness (QED) is 0.312. The van der Waals surface area contributed by atoms with Crippen LogP contribution in [0.4, 0.5) is 19.4 Å². The number of rotatable bonds is 5. The number of carbonyl (C=O) groups excluding carboxylic acids is 1. The molecule has 0 bridgehead atoms. The summed E-state index contributed by atoms with van der Waals surface area (Å²) in [5.41, 5.74) is -1.65. The van der Waals surface area contributed by atoms with Crippen molar-refractivity contribution in [1.82, 2.24) is 24.4 Å². The SMILES string of the molecule is COc1ccnc(C(C)C)c1-n1c(=O)nc(N2CCN(C(=O)OC(C)(C)C)C[C@@H]2C)c2cc(F)c(-c3c(O)cccc3F)nc21. The van der Waals surface area contributed by atoms with E-state index in [-0.39, 0.29) is 54.1 Å². The Balaban J connectivity index is 1.76. The van der Waals surface area contributed by atoms with Gasteiger partial charge in [-0.15, -0.1) is 0 Å². The van der Waals surface area contributed by atoms with Gasteiger partial charge in [0.15, 0.2) is 11.5 Å². The van der Waals surface area contributed by atoms with Crippen LogP contribution >= 0.6 is 0 Å². The first-order valence-electron chi connectivity index (χ1n) is 14.6. The zero-order valence-corrected chi connectivity index (χ0v) is 26.3. The van der Waals surface area contributed by atoms with E-state index in [0.29, 0.717) is 11.4 Å². The van der Waals surface area contributed by atoms with Gasteiger partial charge in [0.05, 0.1) is 23.8 Å². The van der Waals surface area contributed by atoms with Gasteiger partial charge in [0.1, 0.15) is 40.1 Å². The molecule has 4 aromatic rings. The lowest BCUT2D eigenvalue weighted by atomic mass is 10.1. The summed E-state index contributed by atoms with van der Waals surface area (Å²) in [6, 6.07) is 5.96. The number of hydrogen-bond donors (Lipinski definition) is 1. The van der Waals surface area contributed by atoms with E-state index in [1.54, 1.807) is 42.8 Å². The van der Waals surface area contributed by atoms with Crippen LogP contribution < -0.4 is 15.3 Å². The minimum atomic E-state index is -0.932. The molecule has 0 unspecified atom stereocenters. The molecular formula is C32H36F2N6O5. The molecule has 0 radical (unpaired) electrons. The summed E-state index contributed by atoms with van der Waals surface area (Å²) in [6.45, 7) is 11.8. The fourth-order valence-electron chi connectivity index (χ4n) is 5.48. The Kier molecular flexibility index (Phi) is 8.39. The Morgan fingerprint density at radius 3 is 2.47 bits per heavy atom. The number of hydrogen-bond acceptors (Lipinski definition) is 9. The molecule has 1 amide bonds. The maximum atomic E-state index is 15.9. The number of nitrogens with zero attached hydrogens (tertiary/aromatic N) is 6. The fourth-order valence-corrected chi connectivity index (χ4v) is 5.48. The second kappa shape index (κ2) is 11.9. The number of halogens is 2. The van der Waals surface area contributed by atoms with Crippen molar-refractivity contribution in [3.05, 3.63) is 64.3 Å². The van der Waals surface area contributed by atoms with Gasteiger partial charge in [-0.1, -0.05) is 19.9 Å². The molecule has 1 atom stereocenters. The third-order valence-corrected chi connectivity index (χ3v) is 7.49. The summed E-state index contributed by atoms with van der Waals surface area (Å²) < 4.78 is 43.3. The Morgan fingerprint density at radius 2 is 1.84 bits per heavy atom. The van der Waals surface area contributed by atoms with Gasteiger partial charge in [0.2, 0.25) is 0 Å². The predicted octanol–water partition coefficient (Wildman–Crippen LogP) is 5.40. The van der Waals surface area contributed by atoms with Gasteiger partial charge in [0.25, 0.3) is 0 Å². The van der Waals surface area contributed by atoms with Crippen molar-refractivity contribution in [2.24, 2.45) is 0 Å². The number of anilines is 1. The predicted molar refractivity (Wildman–Crippen MR) is 165 cm³/mol. The summed E-state index contributed by atoms with van der Waals surface area (Å²) in [6.07, 6.45) is 1.09. The first-order valence-corrected chi connectivity index (χ1v) is 14.6. The lowest BCUT2D eigenvalue weighted by molar-refractivity contribution is 0.0218. The number of piperazine rings is 1. The van der Waals surface area contributed by atoms with E-state index in [9.17, 15) is 14.7 Å². The third kappa shape index (κ3) is 5.98. The highest BCUT2D eigenvalue weighted by Gasteiger charge is 2.33. The largest absolute Gasteiger partial charge is 0.507 e. The second-order valence-corrected chi connectivity index (χ2v) is 12.2. The van der Waals surface area contributed by atoms with Crippen LogP contribution in [-0.4, -0.2) is 74.0 Å². The number of methoxy groups -OCH3 is 1. The highest BCUT2D eigenvalue weighted by atomic mass is 19.1. The molecule has 13 heteroatoms. The lowest BCUT2D eigenvalue weighted by Gasteiger charge is -2.41. The standard InChI is InChI=1S/C32H36F2N6O5/c1-17(2)25-27(23(44-7)11-12-35-25)40-29-19(15-21(34)26(36-29)24-20(33)9-8-10-22(24)41)28(37-30(40)42)39-14-13-38(16-18(39)3)31(43)45-32(4,5)6/h8-12,15,17-18,41H,13-14,16H2,1-7H3/t18-/m0/s1. The topological polar surface area (TPSA) is 123 Å². The monoisotopic (exact) mass is 622 g/mol. The molecule has 1 aromatic carbocycles. The Bertz CT molecular complexity index is 1820. The second-order valence-electron chi connectivity index (χ2n) is 12.2. The van der Waals surface area contributed by atoms with Crippen LogP contribution in [0.25, 0.3) is 28.0 Å². The van der Waals surface area contributed by atoms with Crippen molar-refractivity contribution < 1.29 is 28.2 Å². The molecule has 1 fully saturated rings. The number of benzene rings is 1. The smallest absolute Gasteiger partial charge is 0.410 e. The maximum Gasteiger partial charge on any atom is 0.410 e. The average molecular weight is 623 g/mol. The third-order valence-electron chi connectivity index (χ3n) is 7.49. The van der Waals surface area contributed by atoms with Crippen molar-refractivity contribution in [3.63, 3.8) is 0 Å². The van der Waals surface area contributed by atoms with Gasteiger partial charge in [-0.2, -0.15) is 4.98 Å². The van der Waals surface area contributed by atoms with E-state index in [1.807, 2.05) is 20.8 Å². The van der Waals surface area contributed by atoms with Crippen molar-refractivity contribution >= 4 is 22.9 Å². The van der Waals surface area contributed by atoms with E-state index < -0.39 is 46.0 Å². The molecule has 1 aliphatic heterocycles. The van der Waals surface area contributed by atoms with Gasteiger partial charge in [-0.05, 0) is 51.8 Å². The summed E-state index contributed by atoms with van der Waals surface area (Å²) >= 11 is 0. The van der Waals surface area contributed by atoms with Crippen LogP contribution in [0.2, 0.25) is 0 Å². The number of phenols is 1. The zero-order valence-electron chi connectivity index (χ0n) is 26.3. The summed E-state index contributed by atoms with van der Waals surface area (Å²) in [5, 5.41) is 10.7. The number of carbonyl (C=O) groups is 1. The molecule has 0 aliphatic carbocycles. The summed E-state index contributed by atoms with van der Waals surface area (Å²) in [7, 11) is 1.44. The van der Waals surface area contributed by atoms with Crippen LogP contribution in [0, 0.1) is 11.6 Å². The molecule has 1 aliphatic rings. The molecule has 3 aromatic heterocycles. The van der Waals surface area contributed by atoms with Crippen LogP contribution in [-0.2, 0) is 4.74 Å². The van der Waals surface area contributed by atoms with Gasteiger partial charge in [-0.25, -0.2) is 27.9 Å². The van der Waals surface area contributed by atoms with Crippen molar-refractivity contribution in [2.75, 3.05) is 31.6 Å². The first kappa shape index (κ1) is 31.6. The van der Waals surface area contributed by atoms with Gasteiger partial charge < -0.3 is 24.4 Å². The molecule has 11 nitrogen and oxygen atoms in total. The van der Waals surface area contributed by atoms with E-state index in [0.717, 1.165) is 12.1 Å². The normalized spacial score (nSPS) is 15.6. The molecule has 1 N–H and O–H groups in total. The van der Waals surface area contributed by atoms with Gasteiger partial charge in [0, 0.05) is 37.9 Å². The molecule has 0 saturated carbocycles. The number of pyridine rings is 2. The highest BCUT2D eigenvalue weighted by Crippen LogP contribution is 2.37. The van der Waals surface area contributed by atoms with E-state index in [1.165, 1.54) is 23.8 Å². The van der Waals surface area contributed by atoms with Crippen LogP contribution in [0.1, 0.15) is 53.2 Å². The molecular weight excluding hydrogens is 586 g/mol. The fraction of sp³-hybridized carbons (Fsp3) is 0.406. The lowest BCUT2D eigenvalue weighted by Crippen LogP contribution is -2.55. The van der Waals surface area contributed by atoms with Crippen molar-refractivity contribution in [3.8, 4) is 28.4 Å². The Hall–Kier alpha value is -4.81. The molecule has 1 saturated heterocycles. The van der Waals surface area contributed by atoms with Crippen molar-refractivity contribution in [1.29, 1.82) is 0 Å². The van der Waals surface area contributed by atoms with Crippen LogP contribution in [0.15, 0.2) is 41.3 Å². The van der Waals surface area contributed by atoms with Gasteiger partial charge >= 0.3 is 11.8 Å². The van der Waals surface area contributed by atoms with E-state index in [2.05, 4.69) is 15.0 Å². The average Bonchev–Trinajstić information content (AvgIpc) is 2.96. The van der Waals surface area contributed by atoms with Crippen LogP contribution in [0.5, 0.6) is 11.5 Å². The first-order chi connectivity index (χ1) is 21.2. The number of ether oxygens (including phenoxy) is 2. The van der Waals surface area contributed by atoms with E-state index >= 15 is 8.78 Å². The minimum Gasteiger partial charge on any atom is -0.507 e. The zero-order chi connectivity index (χ0) is 32.8. The molecule has 238 valence electrons. The van der Waals surface area contributed by atoms with Crippen molar-refractivity contribution in [2.45, 2.75) is 59.1 Å². The molecule has 0 spiro atoms. The maximum absolute atomic E-state index is 15.9. The Labute approximate surface area is 259 Å². The minimum absolute atomic E-state index is 0.0426. The number of phenolic OH excluding ortho intramolecular Hbond substituents is 1. The molecule has 45 heavy (non-hydrogen) atoms. The number of amides is 1. The summed E-state index contributed by atoms with van der Waals surface area (Å²) in [4.78, 5) is 43.6. The summed E-state index contributed by atoms with van der Waals surface area (Å²) in [5.74, 6) is -2.07. The number of fused-ring (bicyclic) bond motifs is 1. The number of aromatic hydroxyl groups is 1. The molecule has 5 rings (SSSR count). The Morgan fingerprint density at radius 1 is 1.11 bits per heavy atom. The van der Waals surface area contributed by atoms with E-state index in [4.69, 9.17) is 9.47 Å². The highest BCUT2D eigenvalue weighted by molar-refractivity contribution is 5.91. The van der Waals surface area contributed by atoms with Crippen LogP contribution in [0.3, 0.4) is 0 Å².